The largest absolute Gasteiger partial charge is 0.341 e. The van der Waals surface area contributed by atoms with Crippen LogP contribution >= 0.6 is 0 Å². The number of likely N-dealkylation sites (tertiary alicyclic amines) is 1. The molecule has 4 aromatic rings. The average Bonchev–Trinajstić information content (AvgIpc) is 3.32. The molecule has 0 saturated carbocycles. The van der Waals surface area contributed by atoms with E-state index in [0.717, 1.165) is 54.4 Å². The second-order valence-corrected chi connectivity index (χ2v) is 9.04. The first-order valence-corrected chi connectivity index (χ1v) is 11.9. The summed E-state index contributed by atoms with van der Waals surface area (Å²) in [6, 6.07) is 10.3. The average molecular weight is 471 g/mol. The molecule has 0 unspecified atom stereocenters. The number of H-pyrrole nitrogens is 1. The van der Waals surface area contributed by atoms with Crippen LogP contribution in [-0.2, 0) is 12.8 Å². The van der Waals surface area contributed by atoms with Gasteiger partial charge in [-0.05, 0) is 55.9 Å². The van der Waals surface area contributed by atoms with Crippen LogP contribution in [0.3, 0.4) is 0 Å². The lowest BCUT2D eigenvalue weighted by atomic mass is 9.92. The van der Waals surface area contributed by atoms with Crippen LogP contribution in [0.1, 0.15) is 45.8 Å². The maximum Gasteiger partial charge on any atom is 0.255 e. The summed E-state index contributed by atoms with van der Waals surface area (Å²) in [6.07, 6.45) is 9.84. The van der Waals surface area contributed by atoms with E-state index in [0.29, 0.717) is 24.1 Å². The molecule has 1 aromatic carbocycles. The minimum Gasteiger partial charge on any atom is -0.341 e. The monoisotopic (exact) mass is 470 g/mol. The number of rotatable bonds is 6. The third-order valence-electron chi connectivity index (χ3n) is 6.39. The molecule has 5 rings (SSSR count). The Hall–Kier alpha value is -3.94. The number of pyridine rings is 1. The Bertz CT molecular complexity index is 1320. The predicted octanol–water partition coefficient (Wildman–Crippen LogP) is 4.39. The number of amides is 1. The summed E-state index contributed by atoms with van der Waals surface area (Å²) in [7, 11) is 0. The molecule has 0 radical (unpaired) electrons. The topological polar surface area (TPSA) is 87.7 Å². The lowest BCUT2D eigenvalue weighted by Gasteiger charge is -2.33. The van der Waals surface area contributed by atoms with Crippen LogP contribution < -0.4 is 0 Å². The molecule has 1 N–H and O–H groups in total. The van der Waals surface area contributed by atoms with Crippen LogP contribution in [-0.4, -0.2) is 48.8 Å². The van der Waals surface area contributed by atoms with Crippen molar-refractivity contribution >= 4 is 5.91 Å². The van der Waals surface area contributed by atoms with Gasteiger partial charge in [0.1, 0.15) is 11.5 Å². The van der Waals surface area contributed by atoms with Gasteiger partial charge in [-0.3, -0.25) is 14.8 Å². The number of nitrogens with one attached hydrogen (secondary N) is 1. The van der Waals surface area contributed by atoms with Gasteiger partial charge in [0.25, 0.3) is 5.91 Å². The fourth-order valence-corrected chi connectivity index (χ4v) is 4.61. The smallest absolute Gasteiger partial charge is 0.255 e. The van der Waals surface area contributed by atoms with Crippen molar-refractivity contribution in [2.45, 2.75) is 32.6 Å². The number of halogens is 1. The highest BCUT2D eigenvalue weighted by Crippen LogP contribution is 2.25. The molecule has 35 heavy (non-hydrogen) atoms. The Morgan fingerprint density at radius 3 is 2.71 bits per heavy atom. The summed E-state index contributed by atoms with van der Waals surface area (Å²) in [5, 5.41) is 0. The van der Waals surface area contributed by atoms with Crippen LogP contribution in [0.15, 0.2) is 61.2 Å². The molecule has 1 amide bonds. The van der Waals surface area contributed by atoms with Crippen molar-refractivity contribution in [3.8, 4) is 11.5 Å². The van der Waals surface area contributed by atoms with E-state index in [9.17, 15) is 9.18 Å². The van der Waals surface area contributed by atoms with E-state index in [4.69, 9.17) is 0 Å². The Labute approximate surface area is 203 Å². The molecule has 0 bridgehead atoms. The molecule has 0 aliphatic carbocycles. The van der Waals surface area contributed by atoms with Crippen LogP contribution in [0, 0.1) is 18.7 Å². The quantitative estimate of drug-likeness (QED) is 0.451. The van der Waals surface area contributed by atoms with Gasteiger partial charge in [-0.25, -0.2) is 14.4 Å². The van der Waals surface area contributed by atoms with Crippen LogP contribution in [0.5, 0.6) is 0 Å². The van der Waals surface area contributed by atoms with Gasteiger partial charge in [0.15, 0.2) is 5.82 Å². The first kappa shape index (κ1) is 22.8. The minimum absolute atomic E-state index is 0.0272. The molecule has 1 aliphatic rings. The number of imidazole rings is 1. The van der Waals surface area contributed by atoms with Gasteiger partial charge in [-0.2, -0.15) is 0 Å². The number of piperidine rings is 1. The number of nitrogens with zero attached hydrogens (tertiary/aromatic N) is 5. The van der Waals surface area contributed by atoms with Crippen molar-refractivity contribution in [1.82, 2.24) is 29.8 Å². The first-order valence-electron chi connectivity index (χ1n) is 11.9. The van der Waals surface area contributed by atoms with Gasteiger partial charge < -0.3 is 9.88 Å². The molecule has 1 fully saturated rings. The molecular weight excluding hydrogens is 443 g/mol. The molecule has 0 spiro atoms. The standard InChI is InChI=1S/C27H27FN6O/c1-18-15-32-26(33-18)25-24(29-10-11-30-25)13-19-5-4-12-34(17-19)27(35)21-8-9-22(31-16-21)14-20-6-2-3-7-23(20)28/h2-3,6-11,15-16,19H,4-5,12-14,17H2,1H3,(H,32,33)/t19-/m0/s1. The Kier molecular flexibility index (Phi) is 6.61. The zero-order valence-electron chi connectivity index (χ0n) is 19.6. The van der Waals surface area contributed by atoms with E-state index < -0.39 is 0 Å². The molecular formula is C27H27FN6O. The third-order valence-corrected chi connectivity index (χ3v) is 6.39. The predicted molar refractivity (Wildman–Crippen MR) is 130 cm³/mol. The molecule has 1 atom stereocenters. The number of hydrogen-bond acceptors (Lipinski definition) is 5. The highest BCUT2D eigenvalue weighted by Gasteiger charge is 2.26. The summed E-state index contributed by atoms with van der Waals surface area (Å²) in [4.78, 5) is 36.2. The second-order valence-electron chi connectivity index (χ2n) is 9.04. The Morgan fingerprint density at radius 2 is 1.94 bits per heavy atom. The fourth-order valence-electron chi connectivity index (χ4n) is 4.61. The maximum atomic E-state index is 13.9. The number of carbonyl (C=O) groups excluding carboxylic acids is 1. The van der Waals surface area contributed by atoms with E-state index in [1.165, 1.54) is 6.07 Å². The van der Waals surface area contributed by atoms with Gasteiger partial charge in [-0.15, -0.1) is 0 Å². The van der Waals surface area contributed by atoms with E-state index in [2.05, 4.69) is 24.9 Å². The van der Waals surface area contributed by atoms with E-state index in [1.54, 1.807) is 49.1 Å². The Balaban J connectivity index is 1.25. The molecule has 1 saturated heterocycles. The number of aromatic nitrogens is 5. The molecule has 178 valence electrons. The number of hydrogen-bond donors (Lipinski definition) is 1. The van der Waals surface area contributed by atoms with Crippen molar-refractivity contribution in [2.24, 2.45) is 5.92 Å². The van der Waals surface area contributed by atoms with Crippen molar-refractivity contribution in [2.75, 3.05) is 13.1 Å². The summed E-state index contributed by atoms with van der Waals surface area (Å²) < 4.78 is 13.9. The number of carbonyl (C=O) groups is 1. The van der Waals surface area contributed by atoms with Crippen molar-refractivity contribution in [3.63, 3.8) is 0 Å². The molecule has 1 aliphatic heterocycles. The fraction of sp³-hybridized carbons (Fsp3) is 0.296. The molecule has 4 heterocycles. The van der Waals surface area contributed by atoms with Gasteiger partial charge in [0.05, 0.1) is 11.3 Å². The normalized spacial score (nSPS) is 15.8. The second kappa shape index (κ2) is 10.1. The number of aromatic amines is 1. The van der Waals surface area contributed by atoms with Gasteiger partial charge in [0.2, 0.25) is 0 Å². The summed E-state index contributed by atoms with van der Waals surface area (Å²) >= 11 is 0. The summed E-state index contributed by atoms with van der Waals surface area (Å²) in [5.41, 5.74) is 4.49. The third kappa shape index (κ3) is 5.26. The van der Waals surface area contributed by atoms with Crippen molar-refractivity contribution in [1.29, 1.82) is 0 Å². The van der Waals surface area contributed by atoms with Gasteiger partial charge in [-0.1, -0.05) is 18.2 Å². The first-order chi connectivity index (χ1) is 17.1. The van der Waals surface area contributed by atoms with Gasteiger partial charge in [0, 0.05) is 55.7 Å². The van der Waals surface area contributed by atoms with E-state index in [-0.39, 0.29) is 17.6 Å². The summed E-state index contributed by atoms with van der Waals surface area (Å²) in [6.45, 7) is 3.33. The SMILES string of the molecule is Cc1cnc(-c2nccnc2C[C@@H]2CCCN(C(=O)c3ccc(Cc4ccccc4F)nc3)C2)[nH]1. The molecule has 7 nitrogen and oxygen atoms in total. The minimum atomic E-state index is -0.248. The summed E-state index contributed by atoms with van der Waals surface area (Å²) in [5.74, 6) is 0.728. The number of aryl methyl sites for hydroxylation is 1. The van der Waals surface area contributed by atoms with Crippen LogP contribution in [0.25, 0.3) is 11.5 Å². The molecule has 3 aromatic heterocycles. The van der Waals surface area contributed by atoms with Crippen LogP contribution in [0.2, 0.25) is 0 Å². The highest BCUT2D eigenvalue weighted by molar-refractivity contribution is 5.94. The van der Waals surface area contributed by atoms with Crippen molar-refractivity contribution in [3.05, 3.63) is 95.2 Å². The Morgan fingerprint density at radius 1 is 1.09 bits per heavy atom. The zero-order valence-corrected chi connectivity index (χ0v) is 19.6. The van der Waals surface area contributed by atoms with Crippen molar-refractivity contribution < 1.29 is 9.18 Å². The zero-order chi connectivity index (χ0) is 24.2. The van der Waals surface area contributed by atoms with E-state index >= 15 is 0 Å². The highest BCUT2D eigenvalue weighted by atomic mass is 19.1. The van der Waals surface area contributed by atoms with E-state index in [1.807, 2.05) is 17.9 Å². The van der Waals surface area contributed by atoms with Gasteiger partial charge >= 0.3 is 0 Å². The maximum absolute atomic E-state index is 13.9. The number of benzene rings is 1. The lowest BCUT2D eigenvalue weighted by Crippen LogP contribution is -2.40. The lowest BCUT2D eigenvalue weighted by molar-refractivity contribution is 0.0672. The molecule has 8 heteroatoms. The van der Waals surface area contributed by atoms with Crippen LogP contribution in [0.4, 0.5) is 4.39 Å².